The number of para-hydroxylation sites is 4. The second-order valence-electron chi connectivity index (χ2n) is 12.9. The number of hydrogen-bond acceptors (Lipinski definition) is 3. The second kappa shape index (κ2) is 10.4. The first-order valence-corrected chi connectivity index (χ1v) is 16.9. The lowest BCUT2D eigenvalue weighted by atomic mass is 10.1. The summed E-state index contributed by atoms with van der Waals surface area (Å²) >= 11 is 0. The summed E-state index contributed by atoms with van der Waals surface area (Å²) < 4.78 is 15.7. The van der Waals surface area contributed by atoms with Crippen LogP contribution < -0.4 is 4.90 Å². The molecule has 8 aromatic carbocycles. The highest BCUT2D eigenvalue weighted by atomic mass is 16.3. The van der Waals surface area contributed by atoms with Crippen LogP contribution in [0, 0.1) is 0 Å². The highest BCUT2D eigenvalue weighted by molar-refractivity contribution is 6.16. The molecule has 0 aliphatic heterocycles. The van der Waals surface area contributed by atoms with Crippen molar-refractivity contribution in [1.82, 2.24) is 4.57 Å². The third-order valence-corrected chi connectivity index (χ3v) is 10.2. The minimum Gasteiger partial charge on any atom is -0.455 e. The average Bonchev–Trinajstić information content (AvgIpc) is 3.85. The zero-order chi connectivity index (χ0) is 32.8. The Morgan fingerprint density at radius 1 is 0.380 bits per heavy atom. The minimum atomic E-state index is 0.841. The van der Waals surface area contributed by atoms with Crippen molar-refractivity contribution < 1.29 is 8.83 Å². The first-order valence-electron chi connectivity index (χ1n) is 16.9. The zero-order valence-electron chi connectivity index (χ0n) is 26.9. The van der Waals surface area contributed by atoms with Gasteiger partial charge in [-0.15, -0.1) is 0 Å². The van der Waals surface area contributed by atoms with Crippen molar-refractivity contribution in [2.24, 2.45) is 0 Å². The third-order valence-electron chi connectivity index (χ3n) is 10.2. The van der Waals surface area contributed by atoms with Crippen molar-refractivity contribution in [2.45, 2.75) is 0 Å². The van der Waals surface area contributed by atoms with Crippen LogP contribution in [0.2, 0.25) is 0 Å². The zero-order valence-corrected chi connectivity index (χ0v) is 26.9. The number of aromatic nitrogens is 1. The molecule has 50 heavy (non-hydrogen) atoms. The molecule has 0 aliphatic rings. The number of furan rings is 2. The van der Waals surface area contributed by atoms with Gasteiger partial charge in [-0.25, -0.2) is 0 Å². The minimum absolute atomic E-state index is 0.841. The predicted octanol–water partition coefficient (Wildman–Crippen LogP) is 13.2. The summed E-state index contributed by atoms with van der Waals surface area (Å²) in [7, 11) is 0. The summed E-state index contributed by atoms with van der Waals surface area (Å²) in [5.74, 6) is 0. The summed E-state index contributed by atoms with van der Waals surface area (Å²) in [5.41, 5.74) is 9.86. The standard InChI is InChI=1S/C46H28N2O2/c1-2-12-30(13-3-1)48-40-18-8-6-15-34(40)35-25-22-31(27-42(35)48)47(41-19-10-17-38-36-16-7-9-20-43(36)49-46(38)41)32-23-26-37-39-24-21-29-11-4-5-14-33(29)45(39)50-44(37)28-32/h1-28H. The van der Waals surface area contributed by atoms with Crippen LogP contribution in [0.4, 0.5) is 17.1 Å². The van der Waals surface area contributed by atoms with Crippen LogP contribution in [0.5, 0.6) is 0 Å². The lowest BCUT2D eigenvalue weighted by Crippen LogP contribution is -2.10. The normalized spacial score (nSPS) is 12.0. The monoisotopic (exact) mass is 640 g/mol. The number of fused-ring (bicyclic) bond motifs is 11. The smallest absolute Gasteiger partial charge is 0.159 e. The lowest BCUT2D eigenvalue weighted by Gasteiger charge is -2.26. The molecule has 11 rings (SSSR count). The summed E-state index contributed by atoms with van der Waals surface area (Å²) in [5, 5.41) is 9.10. The van der Waals surface area contributed by atoms with Crippen molar-refractivity contribution in [2.75, 3.05) is 4.90 Å². The van der Waals surface area contributed by atoms with Crippen LogP contribution in [0.3, 0.4) is 0 Å². The molecule has 4 nitrogen and oxygen atoms in total. The topological polar surface area (TPSA) is 34.5 Å². The number of rotatable bonds is 4. The van der Waals surface area contributed by atoms with E-state index >= 15 is 0 Å². The van der Waals surface area contributed by atoms with Crippen molar-refractivity contribution in [3.8, 4) is 5.69 Å². The molecule has 0 N–H and O–H groups in total. The molecule has 0 amide bonds. The van der Waals surface area contributed by atoms with Gasteiger partial charge in [0.2, 0.25) is 0 Å². The predicted molar refractivity (Wildman–Crippen MR) is 208 cm³/mol. The van der Waals surface area contributed by atoms with Crippen LogP contribution in [0.15, 0.2) is 179 Å². The van der Waals surface area contributed by atoms with Crippen molar-refractivity contribution in [3.63, 3.8) is 0 Å². The average molecular weight is 641 g/mol. The summed E-state index contributed by atoms with van der Waals surface area (Å²) in [6.07, 6.45) is 0. The fourth-order valence-corrected chi connectivity index (χ4v) is 7.92. The third kappa shape index (κ3) is 3.87. The Balaban J connectivity index is 1.21. The number of anilines is 3. The Morgan fingerprint density at radius 2 is 1.00 bits per heavy atom. The van der Waals surface area contributed by atoms with Crippen LogP contribution in [0.1, 0.15) is 0 Å². The lowest BCUT2D eigenvalue weighted by molar-refractivity contribution is 0.668. The van der Waals surface area contributed by atoms with Crippen molar-refractivity contribution in [1.29, 1.82) is 0 Å². The van der Waals surface area contributed by atoms with Gasteiger partial charge < -0.3 is 18.3 Å². The highest BCUT2D eigenvalue weighted by Crippen LogP contribution is 2.45. The molecule has 0 saturated heterocycles. The van der Waals surface area contributed by atoms with Crippen molar-refractivity contribution in [3.05, 3.63) is 170 Å². The van der Waals surface area contributed by atoms with Gasteiger partial charge in [-0.3, -0.25) is 0 Å². The largest absolute Gasteiger partial charge is 0.455 e. The van der Waals surface area contributed by atoms with Gasteiger partial charge in [0.15, 0.2) is 5.58 Å². The van der Waals surface area contributed by atoms with Crippen molar-refractivity contribution >= 4 is 93.5 Å². The maximum atomic E-state index is 6.70. The van der Waals surface area contributed by atoms with E-state index in [2.05, 4.69) is 167 Å². The van der Waals surface area contributed by atoms with Gasteiger partial charge in [-0.1, -0.05) is 103 Å². The van der Waals surface area contributed by atoms with Gasteiger partial charge in [-0.05, 0) is 66.0 Å². The van der Waals surface area contributed by atoms with E-state index in [4.69, 9.17) is 8.83 Å². The summed E-state index contributed by atoms with van der Waals surface area (Å²) in [6.45, 7) is 0. The molecule has 0 fully saturated rings. The quantitative estimate of drug-likeness (QED) is 0.192. The van der Waals surface area contributed by atoms with Crippen LogP contribution in [-0.4, -0.2) is 4.57 Å². The molecule has 3 aromatic heterocycles. The van der Waals surface area contributed by atoms with Gasteiger partial charge in [-0.2, -0.15) is 0 Å². The molecule has 0 bridgehead atoms. The van der Waals surface area contributed by atoms with E-state index in [1.54, 1.807) is 0 Å². The molecule has 0 spiro atoms. The molecule has 234 valence electrons. The van der Waals surface area contributed by atoms with Crippen LogP contribution in [-0.2, 0) is 0 Å². The second-order valence-corrected chi connectivity index (χ2v) is 12.9. The van der Waals surface area contributed by atoms with Gasteiger partial charge in [0.05, 0.1) is 22.4 Å². The van der Waals surface area contributed by atoms with E-state index in [-0.39, 0.29) is 0 Å². The Labute approximate surface area is 286 Å². The van der Waals surface area contributed by atoms with Gasteiger partial charge in [0.25, 0.3) is 0 Å². The maximum absolute atomic E-state index is 6.70. The Bertz CT molecular complexity index is 3110. The van der Waals surface area contributed by atoms with E-state index in [0.29, 0.717) is 0 Å². The summed E-state index contributed by atoms with van der Waals surface area (Å²) in [4.78, 5) is 2.31. The molecule has 3 heterocycles. The molecule has 11 aromatic rings. The highest BCUT2D eigenvalue weighted by Gasteiger charge is 2.22. The van der Waals surface area contributed by atoms with Gasteiger partial charge >= 0.3 is 0 Å². The van der Waals surface area contributed by atoms with E-state index in [1.165, 1.54) is 21.7 Å². The molecule has 0 atom stereocenters. The fourth-order valence-electron chi connectivity index (χ4n) is 7.92. The SMILES string of the molecule is c1ccc(-n2c3ccccc3c3ccc(N(c4ccc5c(c4)oc4c6ccccc6ccc54)c4cccc5c4oc4ccccc45)cc32)cc1. The van der Waals surface area contributed by atoms with Crippen LogP contribution in [0.25, 0.3) is 82.1 Å². The van der Waals surface area contributed by atoms with Gasteiger partial charge in [0, 0.05) is 55.1 Å². The van der Waals surface area contributed by atoms with Gasteiger partial charge in [0.1, 0.15) is 16.7 Å². The number of nitrogens with zero attached hydrogens (tertiary/aromatic N) is 2. The van der Waals surface area contributed by atoms with E-state index in [9.17, 15) is 0 Å². The first-order chi connectivity index (χ1) is 24.8. The molecule has 0 unspecified atom stereocenters. The first kappa shape index (κ1) is 27.2. The number of hydrogen-bond donors (Lipinski definition) is 0. The van der Waals surface area contributed by atoms with E-state index < -0.39 is 0 Å². The Hall–Kier alpha value is -6.78. The molecule has 0 aliphatic carbocycles. The molecule has 4 heteroatoms. The Morgan fingerprint density at radius 3 is 1.90 bits per heavy atom. The van der Waals surface area contributed by atoms with E-state index in [1.807, 2.05) is 12.1 Å². The Kier molecular flexibility index (Phi) is 5.63. The maximum Gasteiger partial charge on any atom is 0.159 e. The molecular formula is C46H28N2O2. The van der Waals surface area contributed by atoms with E-state index in [0.717, 1.165) is 77.5 Å². The molecular weight excluding hydrogens is 613 g/mol. The molecule has 0 radical (unpaired) electrons. The van der Waals surface area contributed by atoms with Crippen LogP contribution >= 0.6 is 0 Å². The number of benzene rings is 8. The molecule has 0 saturated carbocycles. The summed E-state index contributed by atoms with van der Waals surface area (Å²) in [6, 6.07) is 60.0. The fraction of sp³-hybridized carbons (Fsp3) is 0.